The van der Waals surface area contributed by atoms with Gasteiger partial charge in [-0.25, -0.2) is 8.42 Å². The number of methoxy groups -OCH3 is 1. The van der Waals surface area contributed by atoms with Crippen molar-refractivity contribution < 1.29 is 17.9 Å². The molecule has 162 valence electrons. The van der Waals surface area contributed by atoms with E-state index in [1.165, 1.54) is 30.6 Å². The second kappa shape index (κ2) is 9.32. The molecule has 0 atom stereocenters. The third-order valence-electron chi connectivity index (χ3n) is 5.15. The first kappa shape index (κ1) is 22.5. The standard InChI is InChI=1S/C24H26N2O4S/c1-17-5-10-21(15-18(17)2)25-24(27)20-8-6-19(7-9-20)16-26(3)31(28,29)23-13-11-22(30-4)12-14-23/h5-15H,16H2,1-4H3,(H,25,27). The molecule has 0 saturated heterocycles. The zero-order chi connectivity index (χ0) is 22.6. The van der Waals surface area contributed by atoms with Crippen LogP contribution in [0.15, 0.2) is 71.6 Å². The second-order valence-corrected chi connectivity index (χ2v) is 9.43. The van der Waals surface area contributed by atoms with Crippen molar-refractivity contribution in [3.8, 4) is 5.75 Å². The summed E-state index contributed by atoms with van der Waals surface area (Å²) in [5, 5.41) is 2.89. The number of nitrogens with one attached hydrogen (secondary N) is 1. The van der Waals surface area contributed by atoms with E-state index in [9.17, 15) is 13.2 Å². The molecule has 7 heteroatoms. The Morgan fingerprint density at radius 1 is 0.935 bits per heavy atom. The van der Waals surface area contributed by atoms with Crippen LogP contribution in [-0.4, -0.2) is 32.8 Å². The van der Waals surface area contributed by atoms with Crippen LogP contribution >= 0.6 is 0 Å². The Kier molecular flexibility index (Phi) is 6.77. The highest BCUT2D eigenvalue weighted by Gasteiger charge is 2.21. The van der Waals surface area contributed by atoms with Crippen LogP contribution in [0.1, 0.15) is 27.0 Å². The van der Waals surface area contributed by atoms with Crippen LogP contribution in [0.3, 0.4) is 0 Å². The summed E-state index contributed by atoms with van der Waals surface area (Å²) >= 11 is 0. The van der Waals surface area contributed by atoms with E-state index in [-0.39, 0.29) is 17.3 Å². The molecule has 0 aromatic heterocycles. The summed E-state index contributed by atoms with van der Waals surface area (Å²) in [6.45, 7) is 4.20. The maximum atomic E-state index is 12.8. The number of hydrogen-bond acceptors (Lipinski definition) is 4. The molecular weight excluding hydrogens is 412 g/mol. The Labute approximate surface area is 183 Å². The summed E-state index contributed by atoms with van der Waals surface area (Å²) in [6.07, 6.45) is 0. The molecular formula is C24H26N2O4S. The lowest BCUT2D eigenvalue weighted by Crippen LogP contribution is -2.26. The highest BCUT2D eigenvalue weighted by atomic mass is 32.2. The number of rotatable bonds is 7. The number of nitrogens with zero attached hydrogens (tertiary/aromatic N) is 1. The first-order valence-corrected chi connectivity index (χ1v) is 11.2. The minimum atomic E-state index is -3.64. The normalized spacial score (nSPS) is 11.4. The molecule has 0 fully saturated rings. The van der Waals surface area contributed by atoms with Crippen molar-refractivity contribution in [3.05, 3.63) is 89.0 Å². The quantitative estimate of drug-likeness (QED) is 0.594. The zero-order valence-electron chi connectivity index (χ0n) is 18.0. The lowest BCUT2D eigenvalue weighted by atomic mass is 10.1. The summed E-state index contributed by atoms with van der Waals surface area (Å²) in [4.78, 5) is 12.7. The van der Waals surface area contributed by atoms with E-state index in [1.54, 1.807) is 36.4 Å². The van der Waals surface area contributed by atoms with E-state index in [4.69, 9.17) is 4.74 Å². The van der Waals surface area contributed by atoms with Crippen molar-refractivity contribution in [3.63, 3.8) is 0 Å². The van der Waals surface area contributed by atoms with Crippen LogP contribution in [0.25, 0.3) is 0 Å². The number of benzene rings is 3. The fourth-order valence-electron chi connectivity index (χ4n) is 3.05. The molecule has 1 amide bonds. The lowest BCUT2D eigenvalue weighted by Gasteiger charge is -2.17. The number of carbonyl (C=O) groups is 1. The van der Waals surface area contributed by atoms with Gasteiger partial charge in [0.2, 0.25) is 10.0 Å². The van der Waals surface area contributed by atoms with Crippen molar-refractivity contribution in [2.45, 2.75) is 25.3 Å². The van der Waals surface area contributed by atoms with Gasteiger partial charge in [-0.15, -0.1) is 0 Å². The molecule has 1 N–H and O–H groups in total. The molecule has 0 aliphatic rings. The van der Waals surface area contributed by atoms with E-state index in [1.807, 2.05) is 32.0 Å². The maximum absolute atomic E-state index is 12.8. The van der Waals surface area contributed by atoms with Gasteiger partial charge in [-0.05, 0) is 79.1 Å². The maximum Gasteiger partial charge on any atom is 0.255 e. The number of ether oxygens (including phenoxy) is 1. The largest absolute Gasteiger partial charge is 0.497 e. The lowest BCUT2D eigenvalue weighted by molar-refractivity contribution is 0.102. The van der Waals surface area contributed by atoms with Gasteiger partial charge in [-0.2, -0.15) is 4.31 Å². The third kappa shape index (κ3) is 5.31. The van der Waals surface area contributed by atoms with Gasteiger partial charge in [0.25, 0.3) is 5.91 Å². The van der Waals surface area contributed by atoms with Gasteiger partial charge in [0, 0.05) is 24.8 Å². The highest BCUT2D eigenvalue weighted by molar-refractivity contribution is 7.89. The van der Waals surface area contributed by atoms with Crippen LogP contribution in [0.4, 0.5) is 5.69 Å². The third-order valence-corrected chi connectivity index (χ3v) is 6.97. The molecule has 3 aromatic rings. The molecule has 0 aliphatic carbocycles. The van der Waals surface area contributed by atoms with Crippen molar-refractivity contribution in [1.82, 2.24) is 4.31 Å². The summed E-state index contributed by atoms with van der Waals surface area (Å²) in [6, 6.07) is 18.9. The van der Waals surface area contributed by atoms with Gasteiger partial charge in [0.1, 0.15) is 5.75 Å². The van der Waals surface area contributed by atoms with Crippen molar-refractivity contribution >= 4 is 21.6 Å². The molecule has 0 spiro atoms. The predicted octanol–water partition coefficient (Wildman–Crippen LogP) is 4.39. The summed E-state index contributed by atoms with van der Waals surface area (Å²) in [7, 11) is -0.582. The van der Waals surface area contributed by atoms with Crippen molar-refractivity contribution in [2.24, 2.45) is 0 Å². The number of hydrogen-bond donors (Lipinski definition) is 1. The van der Waals surface area contributed by atoms with E-state index >= 15 is 0 Å². The smallest absolute Gasteiger partial charge is 0.255 e. The molecule has 3 aromatic carbocycles. The average molecular weight is 439 g/mol. The molecule has 3 rings (SSSR count). The Hall–Kier alpha value is -3.16. The van der Waals surface area contributed by atoms with Crippen molar-refractivity contribution in [2.75, 3.05) is 19.5 Å². The van der Waals surface area contributed by atoms with E-state index in [0.717, 1.165) is 22.4 Å². The van der Waals surface area contributed by atoms with Gasteiger partial charge < -0.3 is 10.1 Å². The molecule has 31 heavy (non-hydrogen) atoms. The molecule has 0 saturated carbocycles. The molecule has 0 aliphatic heterocycles. The summed E-state index contributed by atoms with van der Waals surface area (Å²) < 4.78 is 31.9. The molecule has 0 bridgehead atoms. The molecule has 0 unspecified atom stereocenters. The van der Waals surface area contributed by atoms with Crippen LogP contribution in [0, 0.1) is 13.8 Å². The highest BCUT2D eigenvalue weighted by Crippen LogP contribution is 2.20. The van der Waals surface area contributed by atoms with Crippen LogP contribution in [0.2, 0.25) is 0 Å². The van der Waals surface area contributed by atoms with Gasteiger partial charge >= 0.3 is 0 Å². The van der Waals surface area contributed by atoms with Crippen LogP contribution < -0.4 is 10.1 Å². The Morgan fingerprint density at radius 3 is 2.16 bits per heavy atom. The van der Waals surface area contributed by atoms with E-state index in [0.29, 0.717) is 11.3 Å². The topological polar surface area (TPSA) is 75.7 Å². The zero-order valence-corrected chi connectivity index (χ0v) is 18.9. The fourth-order valence-corrected chi connectivity index (χ4v) is 4.21. The number of aryl methyl sites for hydroxylation is 2. The van der Waals surface area contributed by atoms with Gasteiger partial charge in [0.05, 0.1) is 12.0 Å². The van der Waals surface area contributed by atoms with Crippen LogP contribution in [-0.2, 0) is 16.6 Å². The van der Waals surface area contributed by atoms with E-state index < -0.39 is 10.0 Å². The molecule has 0 radical (unpaired) electrons. The Bertz CT molecular complexity index is 1170. The number of amides is 1. The number of sulfonamides is 1. The Balaban J connectivity index is 1.67. The molecule has 0 heterocycles. The first-order valence-electron chi connectivity index (χ1n) is 9.78. The average Bonchev–Trinajstić information content (AvgIpc) is 2.76. The minimum absolute atomic E-state index is 0.188. The number of carbonyl (C=O) groups excluding carboxylic acids is 1. The minimum Gasteiger partial charge on any atom is -0.497 e. The second-order valence-electron chi connectivity index (χ2n) is 7.39. The fraction of sp³-hybridized carbons (Fsp3) is 0.208. The summed E-state index contributed by atoms with van der Waals surface area (Å²) in [5.74, 6) is 0.380. The number of anilines is 1. The summed E-state index contributed by atoms with van der Waals surface area (Å²) in [5.41, 5.74) is 4.29. The van der Waals surface area contributed by atoms with Gasteiger partial charge in [0.15, 0.2) is 0 Å². The predicted molar refractivity (Wildman–Crippen MR) is 122 cm³/mol. The molecule has 6 nitrogen and oxygen atoms in total. The van der Waals surface area contributed by atoms with E-state index in [2.05, 4.69) is 5.32 Å². The monoisotopic (exact) mass is 438 g/mol. The van der Waals surface area contributed by atoms with Gasteiger partial charge in [-0.1, -0.05) is 18.2 Å². The SMILES string of the molecule is COc1ccc(S(=O)(=O)N(C)Cc2ccc(C(=O)Nc3ccc(C)c(C)c3)cc2)cc1. The van der Waals surface area contributed by atoms with Gasteiger partial charge in [-0.3, -0.25) is 4.79 Å². The van der Waals surface area contributed by atoms with Crippen LogP contribution in [0.5, 0.6) is 5.75 Å². The Morgan fingerprint density at radius 2 is 1.58 bits per heavy atom. The first-order chi connectivity index (χ1) is 14.7. The van der Waals surface area contributed by atoms with Crippen molar-refractivity contribution in [1.29, 1.82) is 0 Å².